The van der Waals surface area contributed by atoms with Crippen LogP contribution >= 0.6 is 0 Å². The first kappa shape index (κ1) is 15.8. The Kier molecular flexibility index (Phi) is 3.58. The fraction of sp³-hybridized carbons (Fsp3) is 0.750. The summed E-state index contributed by atoms with van der Waals surface area (Å²) in [6, 6.07) is 0. The van der Waals surface area contributed by atoms with Gasteiger partial charge < -0.3 is 5.11 Å². The molecule has 1 N–H and O–H groups in total. The molecule has 0 spiro atoms. The van der Waals surface area contributed by atoms with E-state index in [1.165, 1.54) is 19.3 Å². The summed E-state index contributed by atoms with van der Waals surface area (Å²) in [6.45, 7) is 10.7. The van der Waals surface area contributed by atoms with Crippen LogP contribution in [-0.4, -0.2) is 11.1 Å². The van der Waals surface area contributed by atoms with Crippen molar-refractivity contribution in [2.45, 2.75) is 65.7 Å². The van der Waals surface area contributed by atoms with Crippen molar-refractivity contribution < 1.29 is 9.90 Å². The van der Waals surface area contributed by atoms with Crippen LogP contribution in [0.3, 0.4) is 0 Å². The molecule has 5 atom stereocenters. The second-order valence-corrected chi connectivity index (χ2v) is 8.78. The van der Waals surface area contributed by atoms with Crippen molar-refractivity contribution in [1.82, 2.24) is 0 Å². The van der Waals surface area contributed by atoms with Gasteiger partial charge >= 0.3 is 5.97 Å². The lowest BCUT2D eigenvalue weighted by Crippen LogP contribution is -2.53. The van der Waals surface area contributed by atoms with E-state index in [1.807, 2.05) is 6.92 Å². The van der Waals surface area contributed by atoms with Gasteiger partial charge in [0.25, 0.3) is 0 Å². The quantitative estimate of drug-likeness (QED) is 0.711. The largest absolute Gasteiger partial charge is 0.481 e. The third-order valence-corrected chi connectivity index (χ3v) is 7.43. The number of rotatable bonds is 2. The molecular weight excluding hydrogens is 272 g/mol. The molecule has 3 aliphatic rings. The van der Waals surface area contributed by atoms with Gasteiger partial charge in [0.2, 0.25) is 0 Å². The third kappa shape index (κ3) is 2.10. The predicted octanol–water partition coefficient (Wildman–Crippen LogP) is 5.21. The molecule has 2 heteroatoms. The highest BCUT2D eigenvalue weighted by Crippen LogP contribution is 2.63. The molecule has 0 radical (unpaired) electrons. The molecule has 2 nitrogen and oxygen atoms in total. The second kappa shape index (κ2) is 4.97. The van der Waals surface area contributed by atoms with Gasteiger partial charge in [-0.1, -0.05) is 38.0 Å². The maximum Gasteiger partial charge on any atom is 0.309 e. The minimum Gasteiger partial charge on any atom is -0.481 e. The molecule has 0 unspecified atom stereocenters. The van der Waals surface area contributed by atoms with Crippen LogP contribution in [-0.2, 0) is 4.79 Å². The Morgan fingerprint density at radius 3 is 2.68 bits per heavy atom. The van der Waals surface area contributed by atoms with E-state index in [9.17, 15) is 9.90 Å². The maximum atomic E-state index is 11.9. The third-order valence-electron chi connectivity index (χ3n) is 7.43. The van der Waals surface area contributed by atoms with Crippen molar-refractivity contribution in [2.24, 2.45) is 28.1 Å². The molecule has 122 valence electrons. The van der Waals surface area contributed by atoms with E-state index in [1.54, 1.807) is 5.57 Å². The zero-order valence-corrected chi connectivity index (χ0v) is 14.3. The fourth-order valence-corrected chi connectivity index (χ4v) is 5.86. The minimum atomic E-state index is -0.591. The molecule has 0 heterocycles. The molecule has 3 rings (SSSR count). The van der Waals surface area contributed by atoms with Crippen molar-refractivity contribution in [3.05, 3.63) is 24.3 Å². The topological polar surface area (TPSA) is 37.3 Å². The van der Waals surface area contributed by atoms with Gasteiger partial charge in [-0.3, -0.25) is 4.79 Å². The highest BCUT2D eigenvalue weighted by Gasteiger charge is 2.58. The lowest BCUT2D eigenvalue weighted by Gasteiger charge is -2.58. The van der Waals surface area contributed by atoms with E-state index in [0.29, 0.717) is 5.92 Å². The SMILES string of the molecule is C=C[C@@]1(C)CC[C@H]2C(=CC[C@@H]3[C@@]2(C)CCC[C@]3(C)C(=O)O)C1. The second-order valence-electron chi connectivity index (χ2n) is 8.78. The first-order valence-electron chi connectivity index (χ1n) is 8.81. The number of aliphatic carboxylic acids is 1. The van der Waals surface area contributed by atoms with E-state index < -0.39 is 11.4 Å². The molecule has 0 saturated heterocycles. The molecule has 3 aliphatic carbocycles. The first-order valence-corrected chi connectivity index (χ1v) is 8.81. The summed E-state index contributed by atoms with van der Waals surface area (Å²) in [5.41, 5.74) is 1.43. The van der Waals surface area contributed by atoms with Gasteiger partial charge in [-0.2, -0.15) is 0 Å². The van der Waals surface area contributed by atoms with Crippen LogP contribution in [0.4, 0.5) is 0 Å². The van der Waals surface area contributed by atoms with E-state index in [4.69, 9.17) is 0 Å². The van der Waals surface area contributed by atoms with Gasteiger partial charge in [0.15, 0.2) is 0 Å². The van der Waals surface area contributed by atoms with Gasteiger partial charge in [-0.15, -0.1) is 6.58 Å². The standard InChI is InChI=1S/C20H30O2/c1-5-18(2)12-9-15-14(13-18)7-8-16-19(15,3)10-6-11-20(16,4)17(21)22/h5,7,15-16H,1,6,8-13H2,2-4H3,(H,21,22)/t15-,16+,18-,19-,20-/m0/s1. The van der Waals surface area contributed by atoms with E-state index >= 15 is 0 Å². The average Bonchev–Trinajstić information content (AvgIpc) is 2.46. The lowest BCUT2D eigenvalue weighted by atomic mass is 9.45. The fourth-order valence-electron chi connectivity index (χ4n) is 5.86. The maximum absolute atomic E-state index is 11.9. The molecular formula is C20H30O2. The van der Waals surface area contributed by atoms with Crippen LogP contribution in [0.25, 0.3) is 0 Å². The summed E-state index contributed by atoms with van der Waals surface area (Å²) in [5, 5.41) is 9.83. The number of carboxylic acids is 1. The summed E-state index contributed by atoms with van der Waals surface area (Å²) in [4.78, 5) is 11.9. The van der Waals surface area contributed by atoms with E-state index in [0.717, 1.165) is 25.7 Å². The van der Waals surface area contributed by atoms with Crippen molar-refractivity contribution in [1.29, 1.82) is 0 Å². The number of hydrogen-bond donors (Lipinski definition) is 1. The first-order chi connectivity index (χ1) is 10.3. The monoisotopic (exact) mass is 302 g/mol. The molecule has 2 saturated carbocycles. The smallest absolute Gasteiger partial charge is 0.309 e. The van der Waals surface area contributed by atoms with Gasteiger partial charge in [0, 0.05) is 0 Å². The lowest BCUT2D eigenvalue weighted by molar-refractivity contribution is -0.163. The summed E-state index contributed by atoms with van der Waals surface area (Å²) in [7, 11) is 0. The Hall–Kier alpha value is -1.05. The highest BCUT2D eigenvalue weighted by molar-refractivity contribution is 5.75. The number of hydrogen-bond acceptors (Lipinski definition) is 1. The van der Waals surface area contributed by atoms with Gasteiger partial charge in [-0.25, -0.2) is 0 Å². The highest BCUT2D eigenvalue weighted by atomic mass is 16.4. The number of carbonyl (C=O) groups is 1. The molecule has 2 fully saturated rings. The number of allylic oxidation sites excluding steroid dienone is 3. The van der Waals surface area contributed by atoms with Crippen molar-refractivity contribution in [2.75, 3.05) is 0 Å². The van der Waals surface area contributed by atoms with Gasteiger partial charge in [-0.05, 0) is 68.1 Å². The van der Waals surface area contributed by atoms with Crippen LogP contribution in [0.1, 0.15) is 65.7 Å². The average molecular weight is 302 g/mol. The Balaban J connectivity index is 1.98. The van der Waals surface area contributed by atoms with Crippen molar-refractivity contribution >= 4 is 5.97 Å². The molecule has 0 aliphatic heterocycles. The Morgan fingerprint density at radius 2 is 2.05 bits per heavy atom. The molecule has 22 heavy (non-hydrogen) atoms. The molecule has 0 aromatic heterocycles. The Morgan fingerprint density at radius 1 is 1.32 bits per heavy atom. The zero-order valence-electron chi connectivity index (χ0n) is 14.3. The van der Waals surface area contributed by atoms with Crippen molar-refractivity contribution in [3.63, 3.8) is 0 Å². The van der Waals surface area contributed by atoms with Crippen LogP contribution in [0.15, 0.2) is 24.3 Å². The van der Waals surface area contributed by atoms with Crippen LogP contribution < -0.4 is 0 Å². The van der Waals surface area contributed by atoms with Crippen LogP contribution in [0.5, 0.6) is 0 Å². The number of carboxylic acid groups (broad SMARTS) is 1. The predicted molar refractivity (Wildman–Crippen MR) is 89.5 cm³/mol. The van der Waals surface area contributed by atoms with Crippen molar-refractivity contribution in [3.8, 4) is 0 Å². The summed E-state index contributed by atoms with van der Waals surface area (Å²) < 4.78 is 0. The van der Waals surface area contributed by atoms with E-state index in [2.05, 4.69) is 32.6 Å². The Labute approximate surface area is 134 Å². The van der Waals surface area contributed by atoms with Gasteiger partial charge in [0.1, 0.15) is 0 Å². The molecule has 0 amide bonds. The molecule has 0 bridgehead atoms. The summed E-state index contributed by atoms with van der Waals surface area (Å²) >= 11 is 0. The molecule has 0 aromatic rings. The number of fused-ring (bicyclic) bond motifs is 3. The van der Waals surface area contributed by atoms with E-state index in [-0.39, 0.29) is 16.7 Å². The molecule has 0 aromatic carbocycles. The van der Waals surface area contributed by atoms with Crippen LogP contribution in [0.2, 0.25) is 0 Å². The van der Waals surface area contributed by atoms with Gasteiger partial charge in [0.05, 0.1) is 5.41 Å². The summed E-state index contributed by atoms with van der Waals surface area (Å²) in [5.74, 6) is 0.276. The normalized spacial score (nSPS) is 47.9. The van der Waals surface area contributed by atoms with Crippen LogP contribution in [0, 0.1) is 28.1 Å². The zero-order chi connectivity index (χ0) is 16.2. The summed E-state index contributed by atoms with van der Waals surface area (Å²) in [6.07, 6.45) is 12.0. The minimum absolute atomic E-state index is 0.165. The Bertz CT molecular complexity index is 534.